The summed E-state index contributed by atoms with van der Waals surface area (Å²) >= 11 is 0. The molecular weight excluding hydrogens is 368 g/mol. The number of urea groups is 1. The number of carbonyl (C=O) groups is 3. The molecule has 2 bridgehead atoms. The Kier molecular flexibility index (Phi) is 5.00. The van der Waals surface area contributed by atoms with E-state index in [4.69, 9.17) is 0 Å². The fraction of sp³-hybridized carbons (Fsp3) is 0.773. The van der Waals surface area contributed by atoms with Gasteiger partial charge in [-0.25, -0.2) is 4.79 Å². The molecule has 4 fully saturated rings. The minimum Gasteiger partial charge on any atom is -0.339 e. The molecule has 0 aromatic carbocycles. The van der Waals surface area contributed by atoms with Crippen LogP contribution in [0.5, 0.6) is 0 Å². The summed E-state index contributed by atoms with van der Waals surface area (Å²) < 4.78 is 0. The third-order valence-corrected chi connectivity index (χ3v) is 7.67. The Hall–Kier alpha value is -2.05. The number of carbonyl (C=O) groups excluding carboxylic acids is 3. The minimum absolute atomic E-state index is 0.111. The van der Waals surface area contributed by atoms with Crippen LogP contribution in [0, 0.1) is 17.8 Å². The highest BCUT2D eigenvalue weighted by Crippen LogP contribution is 2.38. The van der Waals surface area contributed by atoms with Gasteiger partial charge in [0, 0.05) is 64.2 Å². The van der Waals surface area contributed by atoms with Gasteiger partial charge in [-0.1, -0.05) is 12.2 Å². The van der Waals surface area contributed by atoms with E-state index in [2.05, 4.69) is 17.1 Å². The molecule has 2 unspecified atom stereocenters. The van der Waals surface area contributed by atoms with Gasteiger partial charge in [-0.3, -0.25) is 9.59 Å². The van der Waals surface area contributed by atoms with Gasteiger partial charge in [0.1, 0.15) is 0 Å². The lowest BCUT2D eigenvalue weighted by Gasteiger charge is -2.53. The molecule has 0 spiro atoms. The van der Waals surface area contributed by atoms with E-state index in [9.17, 15) is 14.4 Å². The van der Waals surface area contributed by atoms with Crippen molar-refractivity contribution in [3.63, 3.8) is 0 Å². The minimum atomic E-state index is 0.111. The summed E-state index contributed by atoms with van der Waals surface area (Å²) in [5, 5.41) is 0. The van der Waals surface area contributed by atoms with E-state index in [0.29, 0.717) is 56.4 Å². The molecule has 0 radical (unpaired) electrons. The van der Waals surface area contributed by atoms with E-state index in [1.54, 1.807) is 0 Å². The van der Waals surface area contributed by atoms with Crippen molar-refractivity contribution in [2.45, 2.75) is 44.6 Å². The molecule has 4 saturated heterocycles. The molecule has 5 rings (SSSR count). The molecule has 4 heterocycles. The number of allylic oxidation sites excluding steroid dienone is 2. The first-order valence-electron chi connectivity index (χ1n) is 11.4. The Morgan fingerprint density at radius 1 is 0.897 bits per heavy atom. The summed E-state index contributed by atoms with van der Waals surface area (Å²) in [6.45, 7) is 4.91. The van der Waals surface area contributed by atoms with E-state index in [-0.39, 0.29) is 17.9 Å². The van der Waals surface area contributed by atoms with Crippen molar-refractivity contribution in [1.82, 2.24) is 19.6 Å². The van der Waals surface area contributed by atoms with Gasteiger partial charge in [-0.2, -0.15) is 0 Å². The largest absolute Gasteiger partial charge is 0.339 e. The predicted octanol–water partition coefficient (Wildman–Crippen LogP) is 1.55. The second-order valence-corrected chi connectivity index (χ2v) is 9.51. The first kappa shape index (κ1) is 18.9. The van der Waals surface area contributed by atoms with Crippen molar-refractivity contribution in [1.29, 1.82) is 0 Å². The highest BCUT2D eigenvalue weighted by atomic mass is 16.2. The van der Waals surface area contributed by atoms with E-state index in [1.807, 2.05) is 14.7 Å². The van der Waals surface area contributed by atoms with Gasteiger partial charge in [0.2, 0.25) is 11.8 Å². The summed E-state index contributed by atoms with van der Waals surface area (Å²) in [5.41, 5.74) is 0. The summed E-state index contributed by atoms with van der Waals surface area (Å²) in [5.74, 6) is 1.51. The number of likely N-dealkylation sites (tertiary alicyclic amines) is 1. The van der Waals surface area contributed by atoms with Gasteiger partial charge in [-0.05, 0) is 43.9 Å². The first-order chi connectivity index (χ1) is 14.1. The molecule has 4 aliphatic heterocycles. The van der Waals surface area contributed by atoms with Crippen molar-refractivity contribution in [3.8, 4) is 0 Å². The number of fused-ring (bicyclic) bond motifs is 4. The molecule has 0 aromatic heterocycles. The summed E-state index contributed by atoms with van der Waals surface area (Å²) in [4.78, 5) is 46.1. The average Bonchev–Trinajstić information content (AvgIpc) is 3.28. The quantitative estimate of drug-likeness (QED) is 0.628. The third-order valence-electron chi connectivity index (χ3n) is 7.67. The fourth-order valence-corrected chi connectivity index (χ4v) is 6.16. The number of hydrogen-bond acceptors (Lipinski definition) is 3. The Morgan fingerprint density at radius 2 is 1.62 bits per heavy atom. The predicted molar refractivity (Wildman–Crippen MR) is 108 cm³/mol. The van der Waals surface area contributed by atoms with E-state index < -0.39 is 0 Å². The molecule has 5 aliphatic rings. The number of rotatable bonds is 1. The van der Waals surface area contributed by atoms with Crippen LogP contribution in [0.3, 0.4) is 0 Å². The van der Waals surface area contributed by atoms with Crippen LogP contribution in [0.15, 0.2) is 12.2 Å². The van der Waals surface area contributed by atoms with Gasteiger partial charge in [0.05, 0.1) is 0 Å². The number of nitrogens with zero attached hydrogens (tertiary/aromatic N) is 4. The lowest BCUT2D eigenvalue weighted by molar-refractivity contribution is -0.144. The molecule has 3 atom stereocenters. The first-order valence-corrected chi connectivity index (χ1v) is 11.4. The third kappa shape index (κ3) is 3.53. The van der Waals surface area contributed by atoms with Crippen LogP contribution in [0.25, 0.3) is 0 Å². The Bertz CT molecular complexity index is 707. The number of piperidine rings is 3. The van der Waals surface area contributed by atoms with Crippen LogP contribution < -0.4 is 0 Å². The molecule has 0 saturated carbocycles. The molecule has 29 heavy (non-hydrogen) atoms. The molecule has 1 aliphatic carbocycles. The van der Waals surface area contributed by atoms with Crippen LogP contribution in [0.4, 0.5) is 4.79 Å². The zero-order valence-electron chi connectivity index (χ0n) is 17.2. The lowest BCUT2D eigenvalue weighted by atomic mass is 9.76. The summed E-state index contributed by atoms with van der Waals surface area (Å²) in [7, 11) is 0. The number of hydrogen-bond donors (Lipinski definition) is 0. The monoisotopic (exact) mass is 400 g/mol. The summed E-state index contributed by atoms with van der Waals surface area (Å²) in [6, 6.07) is 0.461. The van der Waals surface area contributed by atoms with Crippen molar-refractivity contribution < 1.29 is 14.4 Å². The Labute approximate surface area is 172 Å². The normalized spacial score (nSPS) is 32.6. The Balaban J connectivity index is 1.17. The average molecular weight is 401 g/mol. The van der Waals surface area contributed by atoms with Crippen LogP contribution in [0.1, 0.15) is 38.5 Å². The van der Waals surface area contributed by atoms with Crippen molar-refractivity contribution in [3.05, 3.63) is 12.2 Å². The number of amides is 4. The number of piperazine rings is 1. The van der Waals surface area contributed by atoms with Gasteiger partial charge in [0.15, 0.2) is 0 Å². The second-order valence-electron chi connectivity index (χ2n) is 9.51. The second kappa shape index (κ2) is 7.65. The van der Waals surface area contributed by atoms with E-state index in [0.717, 1.165) is 51.7 Å². The standard InChI is InChI=1S/C22H32N4O3/c27-20-7-3-6-19-18-12-16(14-26(19)20)13-25(15-18)22(29)24-10-8-23(9-11-24)21(28)17-4-1-2-5-17/h1-2,16-19H,3-15H2/t16?,18?,19-/m1/s1. The van der Waals surface area contributed by atoms with Gasteiger partial charge >= 0.3 is 6.03 Å². The van der Waals surface area contributed by atoms with Crippen LogP contribution in [-0.4, -0.2) is 89.3 Å². The SMILES string of the molecule is O=C(C1CC=CC1)N1CCN(C(=O)N2CC3CC(C2)[C@H]2CCCC(=O)N2C3)CC1. The van der Waals surface area contributed by atoms with Gasteiger partial charge in [0.25, 0.3) is 0 Å². The van der Waals surface area contributed by atoms with Gasteiger partial charge < -0.3 is 19.6 Å². The lowest BCUT2D eigenvalue weighted by Crippen LogP contribution is -2.63. The van der Waals surface area contributed by atoms with Crippen molar-refractivity contribution >= 4 is 17.8 Å². The Morgan fingerprint density at radius 3 is 2.38 bits per heavy atom. The van der Waals surface area contributed by atoms with Crippen LogP contribution in [-0.2, 0) is 9.59 Å². The molecule has 7 heteroatoms. The molecule has 4 amide bonds. The van der Waals surface area contributed by atoms with Gasteiger partial charge in [-0.15, -0.1) is 0 Å². The zero-order chi connectivity index (χ0) is 20.0. The van der Waals surface area contributed by atoms with Crippen molar-refractivity contribution in [2.24, 2.45) is 17.8 Å². The van der Waals surface area contributed by atoms with Crippen molar-refractivity contribution in [2.75, 3.05) is 45.8 Å². The molecule has 0 aromatic rings. The molecule has 158 valence electrons. The highest BCUT2D eigenvalue weighted by Gasteiger charge is 2.45. The molecular formula is C22H32N4O3. The highest BCUT2D eigenvalue weighted by molar-refractivity contribution is 5.80. The smallest absolute Gasteiger partial charge is 0.320 e. The molecule has 0 N–H and O–H groups in total. The van der Waals surface area contributed by atoms with Crippen LogP contribution >= 0.6 is 0 Å². The van der Waals surface area contributed by atoms with E-state index >= 15 is 0 Å². The molecule has 7 nitrogen and oxygen atoms in total. The van der Waals surface area contributed by atoms with Crippen LogP contribution in [0.2, 0.25) is 0 Å². The maximum Gasteiger partial charge on any atom is 0.320 e. The summed E-state index contributed by atoms with van der Waals surface area (Å²) in [6.07, 6.45) is 9.82. The topological polar surface area (TPSA) is 64.2 Å². The zero-order valence-corrected chi connectivity index (χ0v) is 17.2. The maximum atomic E-state index is 13.2. The maximum absolute atomic E-state index is 13.2. The fourth-order valence-electron chi connectivity index (χ4n) is 6.16. The van der Waals surface area contributed by atoms with E-state index in [1.165, 1.54) is 0 Å².